The zero-order valence-electron chi connectivity index (χ0n) is 12.3. The van der Waals surface area contributed by atoms with Crippen LogP contribution in [0, 0.1) is 6.92 Å². The number of hydrogen-bond donors (Lipinski definition) is 1. The van der Waals surface area contributed by atoms with Crippen molar-refractivity contribution in [1.29, 1.82) is 0 Å². The summed E-state index contributed by atoms with van der Waals surface area (Å²) in [6.45, 7) is 8.40. The molecule has 1 saturated heterocycles. The van der Waals surface area contributed by atoms with Crippen molar-refractivity contribution >= 4 is 5.91 Å². The molecule has 3 heteroatoms. The maximum atomic E-state index is 12.5. The second-order valence-corrected chi connectivity index (χ2v) is 5.45. The summed E-state index contributed by atoms with van der Waals surface area (Å²) in [5.41, 5.74) is 2.42. The molecule has 1 aliphatic rings. The zero-order chi connectivity index (χ0) is 14.0. The number of aryl methyl sites for hydroxylation is 1. The van der Waals surface area contributed by atoms with E-state index in [4.69, 9.17) is 0 Å². The molecule has 3 atom stereocenters. The average molecular weight is 260 g/mol. The third-order valence-corrected chi connectivity index (χ3v) is 4.02. The Morgan fingerprint density at radius 2 is 2.11 bits per heavy atom. The summed E-state index contributed by atoms with van der Waals surface area (Å²) in [6, 6.07) is 8.64. The van der Waals surface area contributed by atoms with Gasteiger partial charge >= 0.3 is 0 Å². The minimum absolute atomic E-state index is 0.0206. The van der Waals surface area contributed by atoms with E-state index in [1.807, 2.05) is 4.90 Å². The van der Waals surface area contributed by atoms with Crippen LogP contribution in [-0.4, -0.2) is 22.9 Å². The molecule has 0 spiro atoms. The number of carbonyl (C=O) groups is 1. The van der Waals surface area contributed by atoms with Gasteiger partial charge in [0.05, 0.1) is 6.04 Å². The highest BCUT2D eigenvalue weighted by Crippen LogP contribution is 2.29. The molecule has 1 amide bonds. The molecule has 0 radical (unpaired) electrons. The van der Waals surface area contributed by atoms with Crippen LogP contribution in [0.5, 0.6) is 0 Å². The van der Waals surface area contributed by atoms with E-state index in [2.05, 4.69) is 57.3 Å². The molecule has 0 bridgehead atoms. The van der Waals surface area contributed by atoms with Gasteiger partial charge in [0.15, 0.2) is 0 Å². The Balaban J connectivity index is 2.34. The van der Waals surface area contributed by atoms with Crippen LogP contribution in [-0.2, 0) is 4.79 Å². The minimum atomic E-state index is -0.0421. The van der Waals surface area contributed by atoms with Crippen molar-refractivity contribution in [3.63, 3.8) is 0 Å². The predicted octanol–water partition coefficient (Wildman–Crippen LogP) is 3.00. The Labute approximate surface area is 116 Å². The van der Waals surface area contributed by atoms with Crippen LogP contribution in [0.15, 0.2) is 24.3 Å². The maximum absolute atomic E-state index is 12.5. The monoisotopic (exact) mass is 260 g/mol. The van der Waals surface area contributed by atoms with E-state index >= 15 is 0 Å². The number of carbonyl (C=O) groups excluding carboxylic acids is 1. The van der Waals surface area contributed by atoms with Crippen molar-refractivity contribution in [3.8, 4) is 0 Å². The lowest BCUT2D eigenvalue weighted by atomic mass is 10.1. The lowest BCUT2D eigenvalue weighted by Crippen LogP contribution is -2.38. The topological polar surface area (TPSA) is 32.3 Å². The van der Waals surface area contributed by atoms with E-state index in [-0.39, 0.29) is 24.2 Å². The quantitative estimate of drug-likeness (QED) is 0.902. The molecule has 0 aliphatic carbocycles. The van der Waals surface area contributed by atoms with E-state index in [0.29, 0.717) is 0 Å². The Kier molecular flexibility index (Phi) is 4.25. The number of benzene rings is 1. The van der Waals surface area contributed by atoms with Gasteiger partial charge in [0.1, 0.15) is 6.17 Å². The van der Waals surface area contributed by atoms with Crippen LogP contribution in [0.25, 0.3) is 0 Å². The Bertz CT molecular complexity index is 458. The molecule has 1 N–H and O–H groups in total. The smallest absolute Gasteiger partial charge is 0.241 e. The largest absolute Gasteiger partial charge is 0.319 e. The normalized spacial score (nSPS) is 24.8. The molecule has 1 aromatic carbocycles. The molecule has 1 aliphatic heterocycles. The third-order valence-electron chi connectivity index (χ3n) is 4.02. The van der Waals surface area contributed by atoms with Gasteiger partial charge in [-0.05, 0) is 32.3 Å². The fourth-order valence-electron chi connectivity index (χ4n) is 2.71. The summed E-state index contributed by atoms with van der Waals surface area (Å²) in [6.07, 6.45) is 1.84. The van der Waals surface area contributed by atoms with E-state index < -0.39 is 0 Å². The summed E-state index contributed by atoms with van der Waals surface area (Å²) < 4.78 is 0. The Hall–Kier alpha value is -1.35. The maximum Gasteiger partial charge on any atom is 0.241 e. The molecule has 3 nitrogen and oxygen atoms in total. The highest BCUT2D eigenvalue weighted by molar-refractivity contribution is 5.84. The summed E-state index contributed by atoms with van der Waals surface area (Å²) in [7, 11) is 0. The highest BCUT2D eigenvalue weighted by Gasteiger charge is 2.40. The van der Waals surface area contributed by atoms with Crippen molar-refractivity contribution in [2.75, 3.05) is 0 Å². The first-order valence-corrected chi connectivity index (χ1v) is 7.23. The van der Waals surface area contributed by atoms with Crippen LogP contribution in [0.2, 0.25) is 0 Å². The Morgan fingerprint density at radius 3 is 2.68 bits per heavy atom. The summed E-state index contributed by atoms with van der Waals surface area (Å²) in [5, 5.41) is 3.48. The molecule has 0 saturated carbocycles. The second-order valence-electron chi connectivity index (χ2n) is 5.45. The van der Waals surface area contributed by atoms with Gasteiger partial charge in [-0.2, -0.15) is 0 Å². The van der Waals surface area contributed by atoms with Crippen molar-refractivity contribution in [2.45, 2.75) is 58.8 Å². The fourth-order valence-corrected chi connectivity index (χ4v) is 2.71. The van der Waals surface area contributed by atoms with Gasteiger partial charge in [-0.3, -0.25) is 10.1 Å². The zero-order valence-corrected chi connectivity index (χ0v) is 12.3. The SMILES string of the molecule is CCC1NC(c2cccc(C)c2)N(C(C)CC)C1=O. The predicted molar refractivity (Wildman–Crippen MR) is 77.7 cm³/mol. The highest BCUT2D eigenvalue weighted by atomic mass is 16.2. The number of nitrogens with one attached hydrogen (secondary N) is 1. The molecule has 3 unspecified atom stereocenters. The average Bonchev–Trinajstić information content (AvgIpc) is 2.75. The number of hydrogen-bond acceptors (Lipinski definition) is 2. The molecule has 1 aromatic rings. The lowest BCUT2D eigenvalue weighted by Gasteiger charge is -2.30. The van der Waals surface area contributed by atoms with E-state index in [1.165, 1.54) is 11.1 Å². The van der Waals surface area contributed by atoms with Crippen molar-refractivity contribution in [3.05, 3.63) is 35.4 Å². The van der Waals surface area contributed by atoms with Gasteiger partial charge in [-0.15, -0.1) is 0 Å². The number of amides is 1. The van der Waals surface area contributed by atoms with Gasteiger partial charge in [-0.25, -0.2) is 0 Å². The first kappa shape index (κ1) is 14.1. The molecule has 19 heavy (non-hydrogen) atoms. The molecule has 2 rings (SSSR count). The number of nitrogens with zero attached hydrogens (tertiary/aromatic N) is 1. The molecular formula is C16H24N2O. The van der Waals surface area contributed by atoms with E-state index in [9.17, 15) is 4.79 Å². The minimum Gasteiger partial charge on any atom is -0.319 e. The van der Waals surface area contributed by atoms with Crippen molar-refractivity contribution in [2.24, 2.45) is 0 Å². The first-order valence-electron chi connectivity index (χ1n) is 7.23. The number of rotatable bonds is 4. The molecule has 0 aromatic heterocycles. The van der Waals surface area contributed by atoms with Gasteiger partial charge in [0.25, 0.3) is 0 Å². The molecule has 1 heterocycles. The van der Waals surface area contributed by atoms with Gasteiger partial charge in [0, 0.05) is 6.04 Å². The Morgan fingerprint density at radius 1 is 1.37 bits per heavy atom. The van der Waals surface area contributed by atoms with Gasteiger partial charge in [-0.1, -0.05) is 43.7 Å². The first-order chi connectivity index (χ1) is 9.08. The third kappa shape index (κ3) is 2.66. The summed E-state index contributed by atoms with van der Waals surface area (Å²) in [4.78, 5) is 14.5. The van der Waals surface area contributed by atoms with Crippen LogP contribution in [0.1, 0.15) is 50.9 Å². The van der Waals surface area contributed by atoms with Gasteiger partial charge < -0.3 is 4.90 Å². The molecule has 104 valence electrons. The van der Waals surface area contributed by atoms with E-state index in [1.54, 1.807) is 0 Å². The summed E-state index contributed by atoms with van der Waals surface area (Å²) >= 11 is 0. The second kappa shape index (κ2) is 5.74. The molecule has 1 fully saturated rings. The molecular weight excluding hydrogens is 236 g/mol. The van der Waals surface area contributed by atoms with Gasteiger partial charge in [0.2, 0.25) is 5.91 Å². The van der Waals surface area contributed by atoms with E-state index in [0.717, 1.165) is 12.8 Å². The van der Waals surface area contributed by atoms with Crippen molar-refractivity contribution < 1.29 is 4.79 Å². The van der Waals surface area contributed by atoms with Crippen LogP contribution in [0.4, 0.5) is 0 Å². The van der Waals surface area contributed by atoms with Crippen LogP contribution < -0.4 is 5.32 Å². The van der Waals surface area contributed by atoms with Crippen LogP contribution in [0.3, 0.4) is 0 Å². The standard InChI is InChI=1S/C16H24N2O/c1-5-12(4)18-15(17-14(6-2)16(18)19)13-9-7-8-11(3)10-13/h7-10,12,14-15,17H,5-6H2,1-4H3. The van der Waals surface area contributed by atoms with Crippen LogP contribution >= 0.6 is 0 Å². The fraction of sp³-hybridized carbons (Fsp3) is 0.562. The van der Waals surface area contributed by atoms with Crippen molar-refractivity contribution in [1.82, 2.24) is 10.2 Å². The summed E-state index contributed by atoms with van der Waals surface area (Å²) in [5.74, 6) is 0.239. The lowest BCUT2D eigenvalue weighted by molar-refractivity contribution is -0.132.